The highest BCUT2D eigenvalue weighted by atomic mass is 16.3. The van der Waals surface area contributed by atoms with Crippen LogP contribution < -0.4 is 5.32 Å². The Morgan fingerprint density at radius 2 is 2.22 bits per heavy atom. The van der Waals surface area contributed by atoms with Crippen molar-refractivity contribution >= 4 is 0 Å². The Balaban J connectivity index is 2.59. The SMILES string of the molecule is CCCNC(C)(CO)CCn1ccnc1C(C)C. The van der Waals surface area contributed by atoms with Crippen LogP contribution in [-0.4, -0.2) is 33.3 Å². The predicted molar refractivity (Wildman–Crippen MR) is 74.7 cm³/mol. The molecule has 1 atom stereocenters. The van der Waals surface area contributed by atoms with Gasteiger partial charge in [0, 0.05) is 30.4 Å². The van der Waals surface area contributed by atoms with Crippen molar-refractivity contribution in [3.05, 3.63) is 18.2 Å². The molecule has 0 aliphatic carbocycles. The first-order valence-corrected chi connectivity index (χ1v) is 6.89. The Bertz CT molecular complexity index is 349. The van der Waals surface area contributed by atoms with Gasteiger partial charge in [0.25, 0.3) is 0 Å². The average Bonchev–Trinajstić information content (AvgIpc) is 2.82. The minimum absolute atomic E-state index is 0.165. The van der Waals surface area contributed by atoms with Crippen molar-refractivity contribution in [1.29, 1.82) is 0 Å². The summed E-state index contributed by atoms with van der Waals surface area (Å²) >= 11 is 0. The lowest BCUT2D eigenvalue weighted by atomic mass is 9.98. The Morgan fingerprint density at radius 1 is 1.50 bits per heavy atom. The molecule has 0 aliphatic rings. The summed E-state index contributed by atoms with van der Waals surface area (Å²) in [5.41, 5.74) is -0.200. The van der Waals surface area contributed by atoms with Gasteiger partial charge in [0.15, 0.2) is 0 Å². The number of imidazole rings is 1. The molecule has 0 bridgehead atoms. The van der Waals surface area contributed by atoms with Gasteiger partial charge in [0.2, 0.25) is 0 Å². The van der Waals surface area contributed by atoms with Gasteiger partial charge in [-0.15, -0.1) is 0 Å². The average molecular weight is 253 g/mol. The zero-order valence-corrected chi connectivity index (χ0v) is 12.1. The van der Waals surface area contributed by atoms with Gasteiger partial charge in [-0.2, -0.15) is 0 Å². The van der Waals surface area contributed by atoms with E-state index in [0.29, 0.717) is 5.92 Å². The molecule has 0 saturated heterocycles. The molecule has 18 heavy (non-hydrogen) atoms. The number of aromatic nitrogens is 2. The predicted octanol–water partition coefficient (Wildman–Crippen LogP) is 2.15. The van der Waals surface area contributed by atoms with E-state index < -0.39 is 0 Å². The Hall–Kier alpha value is -0.870. The first-order valence-electron chi connectivity index (χ1n) is 6.89. The van der Waals surface area contributed by atoms with Crippen LogP contribution in [0.5, 0.6) is 0 Å². The highest BCUT2D eigenvalue weighted by molar-refractivity contribution is 4.98. The fourth-order valence-corrected chi connectivity index (χ4v) is 2.03. The fraction of sp³-hybridized carbons (Fsp3) is 0.786. The van der Waals surface area contributed by atoms with Crippen LogP contribution in [0.15, 0.2) is 12.4 Å². The molecule has 0 spiro atoms. The van der Waals surface area contributed by atoms with Gasteiger partial charge in [0.05, 0.1) is 6.61 Å². The number of aliphatic hydroxyl groups excluding tert-OH is 1. The number of nitrogens with one attached hydrogen (secondary N) is 1. The van der Waals surface area contributed by atoms with Crippen LogP contribution in [0.2, 0.25) is 0 Å². The smallest absolute Gasteiger partial charge is 0.111 e. The van der Waals surface area contributed by atoms with E-state index in [-0.39, 0.29) is 12.1 Å². The first-order chi connectivity index (χ1) is 8.52. The van der Waals surface area contributed by atoms with Crippen molar-refractivity contribution < 1.29 is 5.11 Å². The number of aliphatic hydroxyl groups is 1. The van der Waals surface area contributed by atoms with Crippen LogP contribution in [0.25, 0.3) is 0 Å². The second kappa shape index (κ2) is 6.90. The van der Waals surface area contributed by atoms with Gasteiger partial charge in [0.1, 0.15) is 5.82 Å². The largest absolute Gasteiger partial charge is 0.394 e. The maximum absolute atomic E-state index is 9.53. The minimum Gasteiger partial charge on any atom is -0.394 e. The van der Waals surface area contributed by atoms with E-state index in [1.54, 1.807) is 0 Å². The molecule has 1 aromatic rings. The number of aryl methyl sites for hydroxylation is 1. The van der Waals surface area contributed by atoms with E-state index in [1.165, 1.54) is 0 Å². The van der Waals surface area contributed by atoms with Crippen molar-refractivity contribution in [2.45, 2.75) is 58.5 Å². The van der Waals surface area contributed by atoms with Crippen molar-refractivity contribution in [3.63, 3.8) is 0 Å². The molecule has 1 unspecified atom stereocenters. The second-order valence-corrected chi connectivity index (χ2v) is 5.53. The molecular formula is C14H27N3O. The van der Waals surface area contributed by atoms with Gasteiger partial charge in [-0.05, 0) is 26.3 Å². The molecule has 0 aliphatic heterocycles. The van der Waals surface area contributed by atoms with Gasteiger partial charge >= 0.3 is 0 Å². The fourth-order valence-electron chi connectivity index (χ4n) is 2.03. The van der Waals surface area contributed by atoms with Crippen LogP contribution in [0.1, 0.15) is 52.3 Å². The van der Waals surface area contributed by atoms with Crippen molar-refractivity contribution in [2.75, 3.05) is 13.2 Å². The highest BCUT2D eigenvalue weighted by Gasteiger charge is 2.22. The quantitative estimate of drug-likeness (QED) is 0.746. The molecule has 0 saturated carbocycles. The lowest BCUT2D eigenvalue weighted by Crippen LogP contribution is -2.46. The monoisotopic (exact) mass is 253 g/mol. The third-order valence-corrected chi connectivity index (χ3v) is 3.32. The van der Waals surface area contributed by atoms with Crippen LogP contribution >= 0.6 is 0 Å². The number of rotatable bonds is 8. The standard InChI is InChI=1S/C14H27N3O/c1-5-7-16-14(4,11-18)6-9-17-10-8-15-13(17)12(2)3/h8,10,12,16,18H,5-7,9,11H2,1-4H3. The molecule has 0 aromatic carbocycles. The van der Waals surface area contributed by atoms with E-state index in [1.807, 2.05) is 12.4 Å². The zero-order chi connectivity index (χ0) is 13.6. The summed E-state index contributed by atoms with van der Waals surface area (Å²) in [6.45, 7) is 10.5. The molecule has 0 radical (unpaired) electrons. The summed E-state index contributed by atoms with van der Waals surface area (Å²) in [6, 6.07) is 0. The lowest BCUT2D eigenvalue weighted by Gasteiger charge is -2.29. The van der Waals surface area contributed by atoms with Gasteiger partial charge < -0.3 is 15.0 Å². The molecule has 1 aromatic heterocycles. The lowest BCUT2D eigenvalue weighted by molar-refractivity contribution is 0.160. The topological polar surface area (TPSA) is 50.1 Å². The molecule has 0 amide bonds. The van der Waals surface area contributed by atoms with Crippen molar-refractivity contribution in [1.82, 2.24) is 14.9 Å². The summed E-state index contributed by atoms with van der Waals surface area (Å²) < 4.78 is 2.19. The number of hydrogen-bond acceptors (Lipinski definition) is 3. The third-order valence-electron chi connectivity index (χ3n) is 3.32. The molecule has 4 nitrogen and oxygen atoms in total. The zero-order valence-electron chi connectivity index (χ0n) is 12.1. The Morgan fingerprint density at radius 3 is 2.78 bits per heavy atom. The Kier molecular flexibility index (Phi) is 5.82. The number of hydrogen-bond donors (Lipinski definition) is 2. The summed E-state index contributed by atoms with van der Waals surface area (Å²) in [6.07, 6.45) is 5.86. The summed E-state index contributed by atoms with van der Waals surface area (Å²) in [5, 5.41) is 13.0. The molecule has 4 heteroatoms. The molecule has 1 heterocycles. The van der Waals surface area contributed by atoms with E-state index in [2.05, 4.69) is 42.6 Å². The van der Waals surface area contributed by atoms with E-state index in [4.69, 9.17) is 0 Å². The highest BCUT2D eigenvalue weighted by Crippen LogP contribution is 2.15. The molecule has 2 N–H and O–H groups in total. The maximum Gasteiger partial charge on any atom is 0.111 e. The normalized spacial score (nSPS) is 15.0. The van der Waals surface area contributed by atoms with Crippen molar-refractivity contribution in [2.24, 2.45) is 0 Å². The van der Waals surface area contributed by atoms with Crippen LogP contribution in [0.3, 0.4) is 0 Å². The van der Waals surface area contributed by atoms with Crippen LogP contribution in [-0.2, 0) is 6.54 Å². The van der Waals surface area contributed by atoms with Crippen molar-refractivity contribution in [3.8, 4) is 0 Å². The van der Waals surface area contributed by atoms with Crippen LogP contribution in [0, 0.1) is 0 Å². The van der Waals surface area contributed by atoms with E-state index in [9.17, 15) is 5.11 Å². The maximum atomic E-state index is 9.53. The third kappa shape index (κ3) is 4.10. The summed E-state index contributed by atoms with van der Waals surface area (Å²) in [4.78, 5) is 4.38. The van der Waals surface area contributed by atoms with Gasteiger partial charge in [-0.1, -0.05) is 20.8 Å². The first kappa shape index (κ1) is 15.2. The number of nitrogens with zero attached hydrogens (tertiary/aromatic N) is 2. The summed E-state index contributed by atoms with van der Waals surface area (Å²) in [7, 11) is 0. The molecule has 0 fully saturated rings. The minimum atomic E-state index is -0.200. The Labute approximate surface area is 110 Å². The van der Waals surface area contributed by atoms with Crippen LogP contribution in [0.4, 0.5) is 0 Å². The summed E-state index contributed by atoms with van der Waals surface area (Å²) in [5.74, 6) is 1.55. The molecule has 104 valence electrons. The van der Waals surface area contributed by atoms with Gasteiger partial charge in [-0.3, -0.25) is 0 Å². The molecular weight excluding hydrogens is 226 g/mol. The van der Waals surface area contributed by atoms with E-state index >= 15 is 0 Å². The van der Waals surface area contributed by atoms with Gasteiger partial charge in [-0.25, -0.2) is 4.98 Å². The molecule has 1 rings (SSSR count). The second-order valence-electron chi connectivity index (χ2n) is 5.53. The van der Waals surface area contributed by atoms with E-state index in [0.717, 1.165) is 31.8 Å².